The van der Waals surface area contributed by atoms with E-state index >= 15 is 0 Å². The summed E-state index contributed by atoms with van der Waals surface area (Å²) < 4.78 is 11.1. The molecule has 0 aliphatic carbocycles. The monoisotopic (exact) mass is 402 g/mol. The second-order valence-corrected chi connectivity index (χ2v) is 8.80. The Kier molecular flexibility index (Phi) is 7.32. The first kappa shape index (κ1) is 21.0. The van der Waals surface area contributed by atoms with Crippen LogP contribution in [-0.2, 0) is 11.2 Å². The number of ether oxygens (including phenoxy) is 2. The highest BCUT2D eigenvalue weighted by Crippen LogP contribution is 2.35. The summed E-state index contributed by atoms with van der Waals surface area (Å²) in [6.07, 6.45) is -0.321. The lowest BCUT2D eigenvalue weighted by Crippen LogP contribution is -2.35. The van der Waals surface area contributed by atoms with Gasteiger partial charge in [-0.3, -0.25) is 0 Å². The Morgan fingerprint density at radius 1 is 1.42 bits per heavy atom. The largest absolute Gasteiger partial charge is 0.491 e. The molecule has 1 aromatic rings. The van der Waals surface area contributed by atoms with Gasteiger partial charge in [0.1, 0.15) is 17.6 Å². The van der Waals surface area contributed by atoms with Crippen molar-refractivity contribution in [2.24, 2.45) is 0 Å². The molecule has 0 saturated heterocycles. The van der Waals surface area contributed by atoms with Gasteiger partial charge in [0.25, 0.3) is 0 Å². The molecule has 0 saturated carbocycles. The van der Waals surface area contributed by atoms with Crippen molar-refractivity contribution in [2.45, 2.75) is 39.0 Å². The lowest BCUT2D eigenvalue weighted by Gasteiger charge is -2.24. The van der Waals surface area contributed by atoms with Crippen LogP contribution in [-0.4, -0.2) is 59.6 Å². The molecule has 6 nitrogen and oxygen atoms in total. The molecule has 8 heteroatoms. The number of anilines is 1. The molecule has 1 aliphatic rings. The predicted octanol–water partition coefficient (Wildman–Crippen LogP) is 3.61. The molecule has 2 rings (SSSR count). The highest BCUT2D eigenvalue weighted by molar-refractivity contribution is 7.99. The highest BCUT2D eigenvalue weighted by atomic mass is 35.5. The van der Waals surface area contributed by atoms with Gasteiger partial charge in [0.05, 0.1) is 11.6 Å². The van der Waals surface area contributed by atoms with Crippen LogP contribution in [0.1, 0.15) is 26.3 Å². The molecule has 1 aliphatic heterocycles. The van der Waals surface area contributed by atoms with Crippen molar-refractivity contribution in [3.63, 3.8) is 0 Å². The Labute approximate surface area is 164 Å². The number of carbonyl (C=O) groups excluding carboxylic acids is 1. The maximum Gasteiger partial charge on any atom is 0.410 e. The fourth-order valence-electron chi connectivity index (χ4n) is 2.39. The van der Waals surface area contributed by atoms with E-state index < -0.39 is 11.8 Å². The fourth-order valence-corrected chi connectivity index (χ4v) is 3.42. The quantitative estimate of drug-likeness (QED) is 0.679. The number of aliphatic hydroxyl groups excluding tert-OH is 1. The Balaban J connectivity index is 1.66. The van der Waals surface area contributed by atoms with Gasteiger partial charge in [-0.25, -0.2) is 4.79 Å². The normalized spacial score (nSPS) is 16.0. The van der Waals surface area contributed by atoms with Crippen LogP contribution in [0.5, 0.6) is 5.75 Å². The van der Waals surface area contributed by atoms with Gasteiger partial charge in [0, 0.05) is 37.2 Å². The maximum atomic E-state index is 11.8. The number of nitrogens with zero attached hydrogens (tertiary/aromatic N) is 1. The van der Waals surface area contributed by atoms with Crippen LogP contribution in [0.3, 0.4) is 0 Å². The molecule has 1 amide bonds. The summed E-state index contributed by atoms with van der Waals surface area (Å²) in [5.41, 5.74) is 1.38. The van der Waals surface area contributed by atoms with Crippen LogP contribution in [0.2, 0.25) is 5.02 Å². The van der Waals surface area contributed by atoms with Gasteiger partial charge >= 0.3 is 6.09 Å². The minimum Gasteiger partial charge on any atom is -0.491 e. The zero-order valence-electron chi connectivity index (χ0n) is 15.7. The second kappa shape index (κ2) is 9.06. The molecule has 2 N–H and O–H groups in total. The van der Waals surface area contributed by atoms with Crippen molar-refractivity contribution in [3.8, 4) is 5.75 Å². The molecular weight excluding hydrogens is 376 g/mol. The van der Waals surface area contributed by atoms with Crippen molar-refractivity contribution in [1.29, 1.82) is 0 Å². The molecule has 26 heavy (non-hydrogen) atoms. The van der Waals surface area contributed by atoms with Crippen LogP contribution in [0.4, 0.5) is 10.5 Å². The van der Waals surface area contributed by atoms with Crippen molar-refractivity contribution in [2.75, 3.05) is 37.0 Å². The van der Waals surface area contributed by atoms with Gasteiger partial charge in [0.2, 0.25) is 0 Å². The third-order valence-electron chi connectivity index (χ3n) is 3.65. The minimum absolute atomic E-state index is 0.310. The second-order valence-electron chi connectivity index (χ2n) is 7.17. The summed E-state index contributed by atoms with van der Waals surface area (Å²) in [6.45, 7) is 6.70. The van der Waals surface area contributed by atoms with E-state index in [0.29, 0.717) is 30.3 Å². The van der Waals surface area contributed by atoms with E-state index in [2.05, 4.69) is 5.32 Å². The topological polar surface area (TPSA) is 71.0 Å². The van der Waals surface area contributed by atoms with Crippen LogP contribution in [0, 0.1) is 0 Å². The molecule has 0 radical (unpaired) electrons. The lowest BCUT2D eigenvalue weighted by atomic mass is 10.1. The number of halogens is 1. The third kappa shape index (κ3) is 6.45. The van der Waals surface area contributed by atoms with Crippen molar-refractivity contribution >= 4 is 35.1 Å². The molecule has 1 aromatic carbocycles. The number of thioether (sulfide) groups is 1. The smallest absolute Gasteiger partial charge is 0.410 e. The van der Waals surface area contributed by atoms with E-state index in [0.717, 1.165) is 22.8 Å². The van der Waals surface area contributed by atoms with Crippen molar-refractivity contribution in [1.82, 2.24) is 4.90 Å². The first-order chi connectivity index (χ1) is 12.2. The van der Waals surface area contributed by atoms with Gasteiger partial charge in [-0.15, -0.1) is 0 Å². The minimum atomic E-state index is -0.561. The van der Waals surface area contributed by atoms with E-state index in [9.17, 15) is 9.90 Å². The van der Waals surface area contributed by atoms with E-state index in [1.165, 1.54) is 0 Å². The van der Waals surface area contributed by atoms with Crippen molar-refractivity contribution < 1.29 is 19.4 Å². The van der Waals surface area contributed by atoms with E-state index in [-0.39, 0.29) is 6.09 Å². The standard InChI is InChI=1S/C18H27ClN2O4S/c1-18(2,3)25-17(23)21(4)5-7-26-8-6-24-15-9-12-10-16(22)20-14(12)11-13(15)19/h9,11,16,20,22H,5-8,10H2,1-4H3. The molecular formula is C18H27ClN2O4S. The average molecular weight is 403 g/mol. The Hall–Kier alpha value is -1.31. The van der Waals surface area contributed by atoms with Crippen LogP contribution in [0.25, 0.3) is 0 Å². The number of amides is 1. The number of aliphatic hydroxyl groups is 1. The molecule has 1 atom stereocenters. The molecule has 0 bridgehead atoms. The average Bonchev–Trinajstić information content (AvgIpc) is 2.87. The van der Waals surface area contributed by atoms with Crippen LogP contribution in [0.15, 0.2) is 12.1 Å². The highest BCUT2D eigenvalue weighted by Gasteiger charge is 2.21. The first-order valence-electron chi connectivity index (χ1n) is 8.57. The van der Waals surface area contributed by atoms with Gasteiger partial charge in [-0.05, 0) is 38.5 Å². The lowest BCUT2D eigenvalue weighted by molar-refractivity contribution is 0.0309. The molecule has 0 aromatic heterocycles. The Morgan fingerprint density at radius 3 is 2.85 bits per heavy atom. The summed E-state index contributed by atoms with van der Waals surface area (Å²) in [4.78, 5) is 13.4. The fraction of sp³-hybridized carbons (Fsp3) is 0.611. The summed E-state index contributed by atoms with van der Waals surface area (Å²) in [5.74, 6) is 2.22. The first-order valence-corrected chi connectivity index (χ1v) is 10.1. The van der Waals surface area contributed by atoms with E-state index in [1.807, 2.05) is 26.8 Å². The number of benzene rings is 1. The number of hydrogen-bond donors (Lipinski definition) is 2. The van der Waals surface area contributed by atoms with Gasteiger partial charge in [-0.2, -0.15) is 11.8 Å². The van der Waals surface area contributed by atoms with E-state index in [4.69, 9.17) is 21.1 Å². The number of hydrogen-bond acceptors (Lipinski definition) is 6. The number of carbonyl (C=O) groups is 1. The molecule has 1 heterocycles. The zero-order valence-corrected chi connectivity index (χ0v) is 17.2. The summed E-state index contributed by atoms with van der Waals surface area (Å²) in [6, 6.07) is 3.66. The van der Waals surface area contributed by atoms with Gasteiger partial charge in [0.15, 0.2) is 0 Å². The van der Waals surface area contributed by atoms with Crippen LogP contribution < -0.4 is 10.1 Å². The summed E-state index contributed by atoms with van der Waals surface area (Å²) in [7, 11) is 1.73. The summed E-state index contributed by atoms with van der Waals surface area (Å²) in [5, 5.41) is 13.1. The summed E-state index contributed by atoms with van der Waals surface area (Å²) >= 11 is 7.91. The van der Waals surface area contributed by atoms with Gasteiger partial charge < -0.3 is 24.8 Å². The zero-order chi connectivity index (χ0) is 19.3. The Bertz CT molecular complexity index is 636. The molecule has 146 valence electrons. The number of nitrogens with one attached hydrogen (secondary N) is 1. The Morgan fingerprint density at radius 2 is 2.15 bits per heavy atom. The third-order valence-corrected chi connectivity index (χ3v) is 4.88. The SMILES string of the molecule is CN(CCSCCOc1cc2c(cc1Cl)NC(O)C2)C(=O)OC(C)(C)C. The van der Waals surface area contributed by atoms with E-state index in [1.54, 1.807) is 29.8 Å². The molecule has 0 fully saturated rings. The molecule has 0 spiro atoms. The molecule has 1 unspecified atom stereocenters. The maximum absolute atomic E-state index is 11.8. The number of rotatable bonds is 7. The van der Waals surface area contributed by atoms with Gasteiger partial charge in [-0.1, -0.05) is 11.6 Å². The van der Waals surface area contributed by atoms with Crippen LogP contribution >= 0.6 is 23.4 Å². The number of fused-ring (bicyclic) bond motifs is 1. The van der Waals surface area contributed by atoms with Crippen molar-refractivity contribution in [3.05, 3.63) is 22.7 Å². The predicted molar refractivity (Wildman–Crippen MR) is 106 cm³/mol.